The summed E-state index contributed by atoms with van der Waals surface area (Å²) in [6, 6.07) is 6.79. The highest BCUT2D eigenvalue weighted by Crippen LogP contribution is 1.98. The Morgan fingerprint density at radius 3 is 2.54 bits per heavy atom. The summed E-state index contributed by atoms with van der Waals surface area (Å²) in [4.78, 5) is 10.8. The third-order valence-electron chi connectivity index (χ3n) is 1.77. The zero-order chi connectivity index (χ0) is 9.84. The van der Waals surface area contributed by atoms with E-state index in [0.29, 0.717) is 11.0 Å². The van der Waals surface area contributed by atoms with Gasteiger partial charge in [0.2, 0.25) is 0 Å². The molecule has 0 saturated carbocycles. The standard InChI is InChI=1S/C9H11BO3/c1-7(11)6-8-4-2-3-5-9(8)10(12)13/h2-5,12-13H,6H2,1H3. The molecular weight excluding hydrogens is 167 g/mol. The summed E-state index contributed by atoms with van der Waals surface area (Å²) in [5.74, 6) is 0.00750. The summed E-state index contributed by atoms with van der Waals surface area (Å²) in [6.07, 6.45) is 0.244. The molecule has 0 atom stereocenters. The van der Waals surface area contributed by atoms with Crippen molar-refractivity contribution in [3.8, 4) is 0 Å². The van der Waals surface area contributed by atoms with Crippen LogP contribution < -0.4 is 5.46 Å². The molecule has 0 amide bonds. The van der Waals surface area contributed by atoms with Crippen molar-refractivity contribution in [2.24, 2.45) is 0 Å². The van der Waals surface area contributed by atoms with Crippen molar-refractivity contribution in [3.63, 3.8) is 0 Å². The van der Waals surface area contributed by atoms with Crippen LogP contribution in [0.25, 0.3) is 0 Å². The van der Waals surface area contributed by atoms with Gasteiger partial charge in [0.25, 0.3) is 0 Å². The largest absolute Gasteiger partial charge is 0.488 e. The molecule has 0 bridgehead atoms. The molecule has 0 saturated heterocycles. The van der Waals surface area contributed by atoms with E-state index in [1.165, 1.54) is 6.92 Å². The predicted octanol–water partition coefficient (Wildman–Crippen LogP) is -0.502. The first-order valence-corrected chi connectivity index (χ1v) is 4.04. The summed E-state index contributed by atoms with van der Waals surface area (Å²) in [6.45, 7) is 1.47. The number of ketones is 1. The van der Waals surface area contributed by atoms with Crippen LogP contribution in [-0.4, -0.2) is 22.9 Å². The van der Waals surface area contributed by atoms with Gasteiger partial charge in [-0.2, -0.15) is 0 Å². The topological polar surface area (TPSA) is 57.5 Å². The summed E-state index contributed by atoms with van der Waals surface area (Å²) >= 11 is 0. The van der Waals surface area contributed by atoms with Crippen LogP contribution in [0.3, 0.4) is 0 Å². The quantitative estimate of drug-likeness (QED) is 0.613. The van der Waals surface area contributed by atoms with Crippen LogP contribution in [0.1, 0.15) is 12.5 Å². The maximum atomic E-state index is 10.8. The maximum Gasteiger partial charge on any atom is 0.488 e. The van der Waals surface area contributed by atoms with Crippen LogP contribution in [-0.2, 0) is 11.2 Å². The van der Waals surface area contributed by atoms with Crippen LogP contribution >= 0.6 is 0 Å². The van der Waals surface area contributed by atoms with Crippen molar-refractivity contribution in [1.82, 2.24) is 0 Å². The Labute approximate surface area is 77.2 Å². The van der Waals surface area contributed by atoms with Crippen LogP contribution in [0.5, 0.6) is 0 Å². The molecule has 1 aromatic rings. The average molecular weight is 178 g/mol. The van der Waals surface area contributed by atoms with Crippen molar-refractivity contribution in [2.45, 2.75) is 13.3 Å². The highest BCUT2D eigenvalue weighted by Gasteiger charge is 2.15. The third kappa shape index (κ3) is 2.68. The van der Waals surface area contributed by atoms with Crippen LogP contribution in [0, 0.1) is 0 Å². The molecule has 2 N–H and O–H groups in total. The highest BCUT2D eigenvalue weighted by atomic mass is 16.4. The van der Waals surface area contributed by atoms with E-state index in [0.717, 1.165) is 0 Å². The molecule has 1 aromatic carbocycles. The van der Waals surface area contributed by atoms with Crippen molar-refractivity contribution in [2.75, 3.05) is 0 Å². The van der Waals surface area contributed by atoms with Gasteiger partial charge in [-0.25, -0.2) is 0 Å². The molecule has 0 aliphatic rings. The smallest absolute Gasteiger partial charge is 0.423 e. The summed E-state index contributed by atoms with van der Waals surface area (Å²) in [7, 11) is -1.50. The molecule has 0 unspecified atom stereocenters. The first-order valence-electron chi connectivity index (χ1n) is 4.04. The molecule has 13 heavy (non-hydrogen) atoms. The zero-order valence-electron chi connectivity index (χ0n) is 7.40. The minimum absolute atomic E-state index is 0.00750. The van der Waals surface area contributed by atoms with E-state index < -0.39 is 7.12 Å². The van der Waals surface area contributed by atoms with Crippen molar-refractivity contribution in [1.29, 1.82) is 0 Å². The molecule has 0 aliphatic carbocycles. The van der Waals surface area contributed by atoms with Gasteiger partial charge in [0.1, 0.15) is 5.78 Å². The third-order valence-corrected chi connectivity index (χ3v) is 1.77. The number of carbonyl (C=O) groups is 1. The molecule has 0 aromatic heterocycles. The number of carbonyl (C=O) groups excluding carboxylic acids is 1. The molecule has 3 nitrogen and oxygen atoms in total. The average Bonchev–Trinajstić information content (AvgIpc) is 2.03. The van der Waals surface area contributed by atoms with E-state index in [9.17, 15) is 4.79 Å². The zero-order valence-corrected chi connectivity index (χ0v) is 7.40. The van der Waals surface area contributed by atoms with Crippen LogP contribution in [0.2, 0.25) is 0 Å². The molecule has 0 radical (unpaired) electrons. The van der Waals surface area contributed by atoms with Gasteiger partial charge in [0.15, 0.2) is 0 Å². The Kier molecular flexibility index (Phi) is 3.22. The normalized spacial score (nSPS) is 9.77. The second-order valence-electron chi connectivity index (χ2n) is 2.95. The lowest BCUT2D eigenvalue weighted by atomic mass is 9.76. The maximum absolute atomic E-state index is 10.8. The number of hydrogen-bond donors (Lipinski definition) is 2. The minimum Gasteiger partial charge on any atom is -0.423 e. The molecule has 0 spiro atoms. The fraction of sp³-hybridized carbons (Fsp3) is 0.222. The molecule has 0 aliphatic heterocycles. The van der Waals surface area contributed by atoms with E-state index in [2.05, 4.69) is 0 Å². The summed E-state index contributed by atoms with van der Waals surface area (Å²) < 4.78 is 0. The Bertz CT molecular complexity index is 309. The molecule has 0 heterocycles. The van der Waals surface area contributed by atoms with Crippen molar-refractivity contribution >= 4 is 18.4 Å². The fourth-order valence-corrected chi connectivity index (χ4v) is 1.22. The molecule has 1 rings (SSSR count). The van der Waals surface area contributed by atoms with Gasteiger partial charge in [0, 0.05) is 6.42 Å². The summed E-state index contributed by atoms with van der Waals surface area (Å²) in [5.41, 5.74) is 1.07. The highest BCUT2D eigenvalue weighted by molar-refractivity contribution is 6.59. The second-order valence-corrected chi connectivity index (χ2v) is 2.95. The Balaban J connectivity index is 2.97. The van der Waals surface area contributed by atoms with Gasteiger partial charge in [-0.1, -0.05) is 24.3 Å². The number of benzene rings is 1. The predicted molar refractivity (Wildman–Crippen MR) is 50.7 cm³/mol. The van der Waals surface area contributed by atoms with Gasteiger partial charge in [-0.05, 0) is 17.9 Å². The lowest BCUT2D eigenvalue weighted by Gasteiger charge is -2.05. The fourth-order valence-electron chi connectivity index (χ4n) is 1.22. The van der Waals surface area contributed by atoms with E-state index in [-0.39, 0.29) is 12.2 Å². The van der Waals surface area contributed by atoms with E-state index >= 15 is 0 Å². The van der Waals surface area contributed by atoms with E-state index in [1.54, 1.807) is 24.3 Å². The van der Waals surface area contributed by atoms with E-state index in [4.69, 9.17) is 10.0 Å². The molecule has 4 heteroatoms. The lowest BCUT2D eigenvalue weighted by molar-refractivity contribution is -0.116. The van der Waals surface area contributed by atoms with Gasteiger partial charge < -0.3 is 10.0 Å². The Morgan fingerprint density at radius 2 is 2.00 bits per heavy atom. The molecular formula is C9H11BO3. The lowest BCUT2D eigenvalue weighted by Crippen LogP contribution is -2.33. The second kappa shape index (κ2) is 4.21. The van der Waals surface area contributed by atoms with Gasteiger partial charge >= 0.3 is 7.12 Å². The number of Topliss-reactive ketones (excluding diaryl/α,β-unsaturated/α-hetero) is 1. The van der Waals surface area contributed by atoms with Crippen LogP contribution in [0.4, 0.5) is 0 Å². The molecule has 68 valence electrons. The Morgan fingerprint density at radius 1 is 1.38 bits per heavy atom. The van der Waals surface area contributed by atoms with Gasteiger partial charge in [-0.3, -0.25) is 4.79 Å². The Hall–Kier alpha value is -1.13. The summed E-state index contributed by atoms with van der Waals surface area (Å²) in [5, 5.41) is 17.9. The van der Waals surface area contributed by atoms with Gasteiger partial charge in [0.05, 0.1) is 0 Å². The van der Waals surface area contributed by atoms with Crippen LogP contribution in [0.15, 0.2) is 24.3 Å². The monoisotopic (exact) mass is 178 g/mol. The van der Waals surface area contributed by atoms with E-state index in [1.807, 2.05) is 0 Å². The number of rotatable bonds is 3. The SMILES string of the molecule is CC(=O)Cc1ccccc1B(O)O. The first kappa shape index (κ1) is 9.96. The van der Waals surface area contributed by atoms with Gasteiger partial charge in [-0.15, -0.1) is 0 Å². The van der Waals surface area contributed by atoms with Crippen molar-refractivity contribution in [3.05, 3.63) is 29.8 Å². The first-order chi connectivity index (χ1) is 6.11. The molecule has 0 fully saturated rings. The minimum atomic E-state index is -1.50. The number of hydrogen-bond acceptors (Lipinski definition) is 3. The van der Waals surface area contributed by atoms with Crippen molar-refractivity contribution < 1.29 is 14.8 Å².